The number of nitrogens with zero attached hydrogens (tertiary/aromatic N) is 1. The number of hydrogen-bond acceptors (Lipinski definition) is 6. The topological polar surface area (TPSA) is 108 Å². The van der Waals surface area contributed by atoms with Crippen molar-refractivity contribution in [3.8, 4) is 0 Å². The normalized spacial score (nSPS) is 14.9. The van der Waals surface area contributed by atoms with Crippen molar-refractivity contribution in [1.29, 1.82) is 0 Å². The van der Waals surface area contributed by atoms with Crippen molar-refractivity contribution in [2.24, 2.45) is 0 Å². The van der Waals surface area contributed by atoms with Gasteiger partial charge in [0.25, 0.3) is 7.82 Å². The van der Waals surface area contributed by atoms with E-state index in [1.165, 1.54) is 89.9 Å². The Hall–Kier alpha value is -1.28. The number of carbonyl (C=O) groups is 1. The van der Waals surface area contributed by atoms with Crippen LogP contribution in [0.15, 0.2) is 36.5 Å². The van der Waals surface area contributed by atoms with Crippen LogP contribution in [0.25, 0.3) is 0 Å². The zero-order valence-corrected chi connectivity index (χ0v) is 34.0. The molecule has 1 amide bonds. The van der Waals surface area contributed by atoms with Crippen molar-refractivity contribution in [1.82, 2.24) is 5.32 Å². The van der Waals surface area contributed by atoms with Gasteiger partial charge in [0.15, 0.2) is 0 Å². The lowest BCUT2D eigenvalue weighted by Crippen LogP contribution is -2.45. The molecule has 0 radical (unpaired) electrons. The standard InChI is InChI=1S/C41H79N2O6P/c1-6-8-10-12-14-16-18-20-21-23-25-27-29-31-33-35-41(45)42-39(38-49-50(46,47)48-37-36-43(3,4)5)40(44)34-32-30-28-26-24-22-19-17-15-13-11-9-7-2/h20-21,24,26,32,34,39-40,44H,6-19,22-23,25,27-31,33,35-38H2,1-5H3,(H-,42,45,46,47)/b21-20-,26-24+,34-32+. The molecular weight excluding hydrogens is 647 g/mol. The third kappa shape index (κ3) is 35.1. The molecule has 0 saturated carbocycles. The molecule has 50 heavy (non-hydrogen) atoms. The number of nitrogens with one attached hydrogen (secondary N) is 1. The molecule has 0 aliphatic rings. The Morgan fingerprint density at radius 1 is 0.680 bits per heavy atom. The van der Waals surface area contributed by atoms with E-state index in [4.69, 9.17) is 9.05 Å². The first kappa shape index (κ1) is 48.7. The number of phosphoric ester groups is 1. The number of unbranched alkanes of at least 4 members (excludes halogenated alkanes) is 19. The monoisotopic (exact) mass is 727 g/mol. The van der Waals surface area contributed by atoms with E-state index in [1.54, 1.807) is 6.08 Å². The minimum Gasteiger partial charge on any atom is -0.756 e. The van der Waals surface area contributed by atoms with Crippen LogP contribution in [0.3, 0.4) is 0 Å². The maximum atomic E-state index is 12.8. The van der Waals surface area contributed by atoms with Crippen LogP contribution in [0.2, 0.25) is 0 Å². The molecule has 0 aromatic rings. The van der Waals surface area contributed by atoms with Crippen molar-refractivity contribution in [3.05, 3.63) is 36.5 Å². The summed E-state index contributed by atoms with van der Waals surface area (Å²) in [5, 5.41) is 13.7. The highest BCUT2D eigenvalue weighted by molar-refractivity contribution is 7.45. The minimum absolute atomic E-state index is 0.00822. The van der Waals surface area contributed by atoms with Gasteiger partial charge in [0.1, 0.15) is 13.2 Å². The van der Waals surface area contributed by atoms with E-state index in [1.807, 2.05) is 27.2 Å². The van der Waals surface area contributed by atoms with Gasteiger partial charge in [-0.25, -0.2) is 0 Å². The maximum absolute atomic E-state index is 12.8. The molecule has 9 heteroatoms. The molecule has 0 spiro atoms. The molecule has 2 N–H and O–H groups in total. The highest BCUT2D eigenvalue weighted by Crippen LogP contribution is 2.38. The number of phosphoric acid groups is 1. The molecule has 3 atom stereocenters. The molecule has 0 aromatic carbocycles. The number of hydrogen-bond donors (Lipinski definition) is 2. The predicted molar refractivity (Wildman–Crippen MR) is 210 cm³/mol. The van der Waals surface area contributed by atoms with Crippen LogP contribution in [-0.2, 0) is 18.4 Å². The van der Waals surface area contributed by atoms with Gasteiger partial charge >= 0.3 is 0 Å². The second-order valence-electron chi connectivity index (χ2n) is 15.0. The molecule has 0 aromatic heterocycles. The van der Waals surface area contributed by atoms with Gasteiger partial charge in [0, 0.05) is 6.42 Å². The number of likely N-dealkylation sites (N-methyl/N-ethyl adjacent to an activating group) is 1. The molecule has 3 unspecified atom stereocenters. The Labute approximate surface area is 308 Å². The smallest absolute Gasteiger partial charge is 0.268 e. The molecular formula is C41H79N2O6P. The lowest BCUT2D eigenvalue weighted by atomic mass is 10.1. The Kier molecular flexibility index (Phi) is 32.7. The first-order chi connectivity index (χ1) is 24.0. The van der Waals surface area contributed by atoms with Crippen LogP contribution in [0.5, 0.6) is 0 Å². The SMILES string of the molecule is CCCCCCCC/C=C\CCCCCCCC(=O)NC(COP(=O)([O-])OCC[N+](C)(C)C)C(O)/C=C/CC/C=C/CCCCCCCCC. The number of allylic oxidation sites excluding steroid dienone is 5. The van der Waals surface area contributed by atoms with Crippen molar-refractivity contribution in [2.75, 3.05) is 40.9 Å². The van der Waals surface area contributed by atoms with Crippen LogP contribution in [-0.4, -0.2) is 68.5 Å². The van der Waals surface area contributed by atoms with Crippen LogP contribution in [0.4, 0.5) is 0 Å². The molecule has 0 heterocycles. The minimum atomic E-state index is -4.59. The van der Waals surface area contributed by atoms with Gasteiger partial charge < -0.3 is 28.8 Å². The molecule has 0 fully saturated rings. The second-order valence-corrected chi connectivity index (χ2v) is 16.4. The predicted octanol–water partition coefficient (Wildman–Crippen LogP) is 10.1. The molecule has 0 saturated heterocycles. The first-order valence-electron chi connectivity index (χ1n) is 20.4. The van der Waals surface area contributed by atoms with Gasteiger partial charge in [0.05, 0.1) is 39.9 Å². The zero-order chi connectivity index (χ0) is 37.2. The first-order valence-corrected chi connectivity index (χ1v) is 21.8. The van der Waals surface area contributed by atoms with Gasteiger partial charge in [0.2, 0.25) is 5.91 Å². The number of amides is 1. The largest absolute Gasteiger partial charge is 0.756 e. The summed E-state index contributed by atoms with van der Waals surface area (Å²) < 4.78 is 23.1. The fourth-order valence-electron chi connectivity index (χ4n) is 5.51. The Morgan fingerprint density at radius 3 is 1.62 bits per heavy atom. The molecule has 0 aliphatic carbocycles. The van der Waals surface area contributed by atoms with E-state index in [0.29, 0.717) is 17.4 Å². The van der Waals surface area contributed by atoms with Crippen molar-refractivity contribution in [2.45, 2.75) is 180 Å². The van der Waals surface area contributed by atoms with Gasteiger partial charge in [-0.2, -0.15) is 0 Å². The van der Waals surface area contributed by atoms with Crippen LogP contribution >= 0.6 is 7.82 Å². The summed E-state index contributed by atoms with van der Waals surface area (Å²) in [5.74, 6) is -0.219. The average Bonchev–Trinajstić information content (AvgIpc) is 3.06. The van der Waals surface area contributed by atoms with Crippen molar-refractivity contribution < 1.29 is 32.9 Å². The summed E-state index contributed by atoms with van der Waals surface area (Å²) in [5.41, 5.74) is 0. The Balaban J connectivity index is 4.56. The lowest BCUT2D eigenvalue weighted by molar-refractivity contribution is -0.870. The Morgan fingerprint density at radius 2 is 1.12 bits per heavy atom. The van der Waals surface area contributed by atoms with Crippen LogP contribution in [0, 0.1) is 0 Å². The van der Waals surface area contributed by atoms with E-state index in [-0.39, 0.29) is 12.5 Å². The lowest BCUT2D eigenvalue weighted by Gasteiger charge is -2.29. The van der Waals surface area contributed by atoms with Crippen LogP contribution < -0.4 is 10.2 Å². The van der Waals surface area contributed by atoms with Crippen LogP contribution in [0.1, 0.15) is 168 Å². The highest BCUT2D eigenvalue weighted by atomic mass is 31.2. The molecule has 0 bridgehead atoms. The number of rotatable bonds is 36. The molecule has 0 rings (SSSR count). The Bertz CT molecular complexity index is 917. The number of aliphatic hydroxyl groups excluding tert-OH is 1. The van der Waals surface area contributed by atoms with Gasteiger partial charge in [-0.15, -0.1) is 0 Å². The highest BCUT2D eigenvalue weighted by Gasteiger charge is 2.23. The summed E-state index contributed by atoms with van der Waals surface area (Å²) >= 11 is 0. The summed E-state index contributed by atoms with van der Waals surface area (Å²) in [4.78, 5) is 25.2. The third-order valence-electron chi connectivity index (χ3n) is 8.82. The second kappa shape index (κ2) is 33.5. The summed E-state index contributed by atoms with van der Waals surface area (Å²) in [6, 6.07) is -0.904. The van der Waals surface area contributed by atoms with Gasteiger partial charge in [-0.3, -0.25) is 9.36 Å². The van der Waals surface area contributed by atoms with Gasteiger partial charge in [-0.05, 0) is 57.8 Å². The number of aliphatic hydroxyl groups is 1. The average molecular weight is 727 g/mol. The summed E-state index contributed by atoms with van der Waals surface area (Å²) in [6.45, 7) is 4.58. The fourth-order valence-corrected chi connectivity index (χ4v) is 6.24. The maximum Gasteiger partial charge on any atom is 0.268 e. The van der Waals surface area contributed by atoms with E-state index in [0.717, 1.165) is 57.8 Å². The van der Waals surface area contributed by atoms with Crippen molar-refractivity contribution >= 4 is 13.7 Å². The van der Waals surface area contributed by atoms with Gasteiger partial charge in [-0.1, -0.05) is 140 Å². The zero-order valence-electron chi connectivity index (χ0n) is 33.1. The van der Waals surface area contributed by atoms with E-state index < -0.39 is 26.6 Å². The molecule has 8 nitrogen and oxygen atoms in total. The third-order valence-corrected chi connectivity index (χ3v) is 9.79. The van der Waals surface area contributed by atoms with Crippen molar-refractivity contribution in [3.63, 3.8) is 0 Å². The summed E-state index contributed by atoms with van der Waals surface area (Å²) in [7, 11) is 1.23. The molecule has 294 valence electrons. The van der Waals surface area contributed by atoms with E-state index >= 15 is 0 Å². The quantitative estimate of drug-likeness (QED) is 0.0288. The van der Waals surface area contributed by atoms with E-state index in [9.17, 15) is 19.4 Å². The number of quaternary nitrogens is 1. The fraction of sp³-hybridized carbons (Fsp3) is 0.829. The van der Waals surface area contributed by atoms with E-state index in [2.05, 4.69) is 43.5 Å². The molecule has 0 aliphatic heterocycles. The number of carbonyl (C=O) groups excluding carboxylic acids is 1. The summed E-state index contributed by atoms with van der Waals surface area (Å²) in [6.07, 6.45) is 39.0.